The Morgan fingerprint density at radius 3 is 2.64 bits per heavy atom. The van der Waals surface area contributed by atoms with Gasteiger partial charge in [-0.05, 0) is 38.5 Å². The normalized spacial score (nSPS) is 18.3. The van der Waals surface area contributed by atoms with Crippen molar-refractivity contribution in [3.8, 4) is 5.75 Å². The van der Waals surface area contributed by atoms with Gasteiger partial charge >= 0.3 is 6.61 Å². The van der Waals surface area contributed by atoms with Crippen LogP contribution in [0.3, 0.4) is 0 Å². The summed E-state index contributed by atoms with van der Waals surface area (Å²) in [6.07, 6.45) is 1.10. The predicted octanol–water partition coefficient (Wildman–Crippen LogP) is 3.45. The minimum atomic E-state index is -3.13. The number of nitrogens with zero attached hydrogens (tertiary/aromatic N) is 4. The zero-order valence-electron chi connectivity index (χ0n) is 15.5. The van der Waals surface area contributed by atoms with E-state index in [0.29, 0.717) is 5.82 Å². The third-order valence-corrected chi connectivity index (χ3v) is 5.13. The molecule has 3 heterocycles. The summed E-state index contributed by atoms with van der Waals surface area (Å²) in [5.74, 6) is -0.511. The fraction of sp³-hybridized carbons (Fsp3) is 0.421. The number of amides is 1. The number of aromatic nitrogens is 2. The van der Waals surface area contributed by atoms with Gasteiger partial charge in [0.25, 0.3) is 5.91 Å². The van der Waals surface area contributed by atoms with Gasteiger partial charge in [0.15, 0.2) is 11.6 Å². The van der Waals surface area contributed by atoms with Crippen molar-refractivity contribution in [3.05, 3.63) is 46.7 Å². The number of carbonyl (C=O) groups excluding carboxylic acids is 1. The molecule has 1 amide bonds. The van der Waals surface area contributed by atoms with Crippen molar-refractivity contribution >= 4 is 11.7 Å². The molecule has 148 valence electrons. The zero-order chi connectivity index (χ0) is 20.0. The molecule has 28 heavy (non-hydrogen) atoms. The van der Waals surface area contributed by atoms with E-state index in [2.05, 4.69) is 19.6 Å². The van der Waals surface area contributed by atoms with E-state index in [9.17, 15) is 18.0 Å². The van der Waals surface area contributed by atoms with Crippen molar-refractivity contribution < 1.29 is 22.7 Å². The summed E-state index contributed by atoms with van der Waals surface area (Å²) in [6, 6.07) is 2.96. The highest BCUT2D eigenvalue weighted by Gasteiger charge is 2.37. The maximum absolute atomic E-state index is 14.0. The zero-order valence-corrected chi connectivity index (χ0v) is 15.5. The SMILES string of the molecule is Cc1nc2c(c(N3CCC3)n1)[C@@H](C)N(C(=O)c1ccc(OC(F)F)c(F)c1)C2. The second kappa shape index (κ2) is 6.96. The minimum absolute atomic E-state index is 0.0638. The summed E-state index contributed by atoms with van der Waals surface area (Å²) in [4.78, 5) is 25.8. The largest absolute Gasteiger partial charge is 0.432 e. The maximum atomic E-state index is 14.0. The Balaban J connectivity index is 1.62. The van der Waals surface area contributed by atoms with E-state index in [0.717, 1.165) is 48.7 Å². The number of rotatable bonds is 4. The molecule has 0 bridgehead atoms. The second-order valence-electron chi connectivity index (χ2n) is 6.93. The number of benzene rings is 1. The van der Waals surface area contributed by atoms with Crippen LogP contribution in [0.5, 0.6) is 5.75 Å². The predicted molar refractivity (Wildman–Crippen MR) is 94.9 cm³/mol. The summed E-state index contributed by atoms with van der Waals surface area (Å²) in [5, 5.41) is 0. The van der Waals surface area contributed by atoms with Gasteiger partial charge in [-0.25, -0.2) is 14.4 Å². The van der Waals surface area contributed by atoms with Gasteiger partial charge in [0, 0.05) is 24.2 Å². The number of hydrogen-bond acceptors (Lipinski definition) is 5. The van der Waals surface area contributed by atoms with Gasteiger partial charge in [0.1, 0.15) is 11.6 Å². The van der Waals surface area contributed by atoms with E-state index >= 15 is 0 Å². The van der Waals surface area contributed by atoms with Crippen LogP contribution in [0.25, 0.3) is 0 Å². The molecule has 0 radical (unpaired) electrons. The van der Waals surface area contributed by atoms with Crippen LogP contribution in [-0.4, -0.2) is 40.5 Å². The van der Waals surface area contributed by atoms with Crippen molar-refractivity contribution in [2.45, 2.75) is 39.5 Å². The van der Waals surface area contributed by atoms with Crippen LogP contribution in [0.15, 0.2) is 18.2 Å². The molecule has 0 unspecified atom stereocenters. The maximum Gasteiger partial charge on any atom is 0.387 e. The van der Waals surface area contributed by atoms with Gasteiger partial charge < -0.3 is 14.5 Å². The van der Waals surface area contributed by atoms with Crippen molar-refractivity contribution in [2.24, 2.45) is 0 Å². The lowest BCUT2D eigenvalue weighted by atomic mass is 10.1. The fourth-order valence-corrected chi connectivity index (χ4v) is 3.63. The van der Waals surface area contributed by atoms with Gasteiger partial charge in [0.2, 0.25) is 0 Å². The molecule has 0 spiro atoms. The summed E-state index contributed by atoms with van der Waals surface area (Å²) < 4.78 is 42.7. The Bertz CT molecular complexity index is 934. The van der Waals surface area contributed by atoms with Crippen LogP contribution in [0.1, 0.15) is 46.8 Å². The van der Waals surface area contributed by atoms with Gasteiger partial charge in [0.05, 0.1) is 18.3 Å². The van der Waals surface area contributed by atoms with Gasteiger partial charge in [-0.1, -0.05) is 0 Å². The first-order valence-corrected chi connectivity index (χ1v) is 9.03. The Labute approximate surface area is 159 Å². The molecule has 0 saturated carbocycles. The molecule has 1 aromatic heterocycles. The monoisotopic (exact) mass is 392 g/mol. The van der Waals surface area contributed by atoms with E-state index in [1.54, 1.807) is 4.90 Å². The number of anilines is 1. The highest BCUT2D eigenvalue weighted by Crippen LogP contribution is 2.40. The molecule has 4 rings (SSSR count). The Morgan fingerprint density at radius 1 is 1.29 bits per heavy atom. The third kappa shape index (κ3) is 3.14. The second-order valence-corrected chi connectivity index (χ2v) is 6.93. The Morgan fingerprint density at radius 2 is 2.04 bits per heavy atom. The van der Waals surface area contributed by atoms with E-state index in [4.69, 9.17) is 0 Å². The Kier molecular flexibility index (Phi) is 4.60. The van der Waals surface area contributed by atoms with Gasteiger partial charge in [-0.2, -0.15) is 8.78 Å². The molecule has 9 heteroatoms. The summed E-state index contributed by atoms with van der Waals surface area (Å²) >= 11 is 0. The van der Waals surface area contributed by atoms with Crippen LogP contribution in [-0.2, 0) is 6.54 Å². The van der Waals surface area contributed by atoms with E-state index in [1.807, 2.05) is 13.8 Å². The van der Waals surface area contributed by atoms with Crippen LogP contribution < -0.4 is 9.64 Å². The first-order valence-electron chi connectivity index (χ1n) is 9.03. The average Bonchev–Trinajstić information content (AvgIpc) is 2.90. The number of aryl methyl sites for hydroxylation is 1. The topological polar surface area (TPSA) is 58.6 Å². The molecule has 2 aliphatic rings. The first-order chi connectivity index (χ1) is 13.3. The minimum Gasteiger partial charge on any atom is -0.432 e. The number of hydrogen-bond donors (Lipinski definition) is 0. The number of fused-ring (bicyclic) bond motifs is 1. The smallest absolute Gasteiger partial charge is 0.387 e. The number of halogens is 3. The molecule has 1 saturated heterocycles. The molecule has 0 N–H and O–H groups in total. The van der Waals surface area contributed by atoms with E-state index < -0.39 is 24.1 Å². The first kappa shape index (κ1) is 18.5. The van der Waals surface area contributed by atoms with Crippen LogP contribution in [0.2, 0.25) is 0 Å². The van der Waals surface area contributed by atoms with Crippen LogP contribution in [0, 0.1) is 12.7 Å². The fourth-order valence-electron chi connectivity index (χ4n) is 3.63. The van der Waals surface area contributed by atoms with Crippen molar-refractivity contribution in [1.29, 1.82) is 0 Å². The third-order valence-electron chi connectivity index (χ3n) is 5.13. The van der Waals surface area contributed by atoms with Gasteiger partial charge in [-0.3, -0.25) is 4.79 Å². The highest BCUT2D eigenvalue weighted by molar-refractivity contribution is 5.95. The van der Waals surface area contributed by atoms with Crippen molar-refractivity contribution in [2.75, 3.05) is 18.0 Å². The highest BCUT2D eigenvalue weighted by atomic mass is 19.3. The molecule has 1 atom stereocenters. The molecular weight excluding hydrogens is 373 g/mol. The van der Waals surface area contributed by atoms with Gasteiger partial charge in [-0.15, -0.1) is 0 Å². The van der Waals surface area contributed by atoms with Crippen LogP contribution in [0.4, 0.5) is 19.0 Å². The average molecular weight is 392 g/mol. The molecule has 1 fully saturated rings. The summed E-state index contributed by atoms with van der Waals surface area (Å²) in [6.45, 7) is 2.69. The lowest BCUT2D eigenvalue weighted by Crippen LogP contribution is -2.39. The summed E-state index contributed by atoms with van der Waals surface area (Å²) in [5.41, 5.74) is 1.76. The molecule has 0 aliphatic carbocycles. The lowest BCUT2D eigenvalue weighted by molar-refractivity contribution is -0.0521. The number of alkyl halides is 2. The summed E-state index contributed by atoms with van der Waals surface area (Å²) in [7, 11) is 0. The molecule has 1 aromatic carbocycles. The van der Waals surface area contributed by atoms with Crippen molar-refractivity contribution in [1.82, 2.24) is 14.9 Å². The standard InChI is InChI=1S/C19H19F3N4O2/c1-10-16-14(23-11(2)24-17(16)25-6-3-7-25)9-26(10)18(27)12-4-5-15(13(20)8-12)28-19(21)22/h4-5,8,10,19H,3,6-7,9H2,1-2H3/t10-/m1/s1. The van der Waals surface area contributed by atoms with Crippen LogP contribution >= 0.6 is 0 Å². The van der Waals surface area contributed by atoms with E-state index in [1.165, 1.54) is 6.07 Å². The molecule has 6 nitrogen and oxygen atoms in total. The molecule has 2 aliphatic heterocycles. The molecule has 2 aromatic rings. The van der Waals surface area contributed by atoms with Crippen molar-refractivity contribution in [3.63, 3.8) is 0 Å². The molecular formula is C19H19F3N4O2. The quantitative estimate of drug-likeness (QED) is 0.798. The number of ether oxygens (including phenoxy) is 1. The number of carbonyl (C=O) groups is 1. The van der Waals surface area contributed by atoms with E-state index in [-0.39, 0.29) is 18.2 Å². The Hall–Kier alpha value is -2.84. The lowest BCUT2D eigenvalue weighted by Gasteiger charge is -2.34.